The van der Waals surface area contributed by atoms with Gasteiger partial charge in [-0.2, -0.15) is 5.26 Å². The monoisotopic (exact) mass is 426 g/mol. The Bertz CT molecular complexity index is 952. The van der Waals surface area contributed by atoms with Gasteiger partial charge in [0.1, 0.15) is 11.6 Å². The number of hydrogen-bond acceptors (Lipinski definition) is 6. The van der Waals surface area contributed by atoms with Crippen molar-refractivity contribution < 1.29 is 14.3 Å². The lowest BCUT2D eigenvalue weighted by Gasteiger charge is -2.41. The minimum absolute atomic E-state index is 0.0347. The Hall–Kier alpha value is -3.12. The fourth-order valence-electron chi connectivity index (χ4n) is 4.25. The van der Waals surface area contributed by atoms with Gasteiger partial charge in [-0.05, 0) is 50.3 Å². The van der Waals surface area contributed by atoms with Crippen molar-refractivity contribution in [2.75, 3.05) is 13.1 Å². The lowest BCUT2D eigenvalue weighted by molar-refractivity contribution is 0.100. The number of urea groups is 1. The van der Waals surface area contributed by atoms with Crippen LogP contribution in [0.15, 0.2) is 29.0 Å². The van der Waals surface area contributed by atoms with Gasteiger partial charge >= 0.3 is 6.03 Å². The van der Waals surface area contributed by atoms with Crippen LogP contribution in [0.25, 0.3) is 0 Å². The molecule has 1 saturated heterocycles. The first-order valence-electron chi connectivity index (χ1n) is 10.6. The lowest BCUT2D eigenvalue weighted by Crippen LogP contribution is -2.55. The maximum absolute atomic E-state index is 14.3. The van der Waals surface area contributed by atoms with Gasteiger partial charge in [0.25, 0.3) is 0 Å². The third-order valence-electron chi connectivity index (χ3n) is 5.99. The quantitative estimate of drug-likeness (QED) is 0.668. The molecule has 0 spiro atoms. The second-order valence-electron chi connectivity index (χ2n) is 8.28. The summed E-state index contributed by atoms with van der Waals surface area (Å²) in [4.78, 5) is 21.0. The zero-order chi connectivity index (χ0) is 22.0. The maximum atomic E-state index is 14.3. The molecule has 1 saturated carbocycles. The van der Waals surface area contributed by atoms with Crippen molar-refractivity contribution >= 4 is 12.2 Å². The van der Waals surface area contributed by atoms with Crippen molar-refractivity contribution in [3.63, 3.8) is 0 Å². The van der Waals surface area contributed by atoms with Crippen molar-refractivity contribution in [2.24, 2.45) is 4.99 Å². The predicted molar refractivity (Wildman–Crippen MR) is 113 cm³/mol. The highest BCUT2D eigenvalue weighted by Crippen LogP contribution is 2.32. The number of piperidine rings is 1. The first kappa shape index (κ1) is 21.1. The summed E-state index contributed by atoms with van der Waals surface area (Å²) in [5.74, 6) is 0.318. The number of benzene rings is 1. The highest BCUT2D eigenvalue weighted by atomic mass is 19.1. The summed E-state index contributed by atoms with van der Waals surface area (Å²) >= 11 is 0. The third kappa shape index (κ3) is 4.80. The van der Waals surface area contributed by atoms with Crippen LogP contribution in [0.4, 0.5) is 9.18 Å². The number of aliphatic imine (C=N–C) groups is 1. The van der Waals surface area contributed by atoms with Crippen LogP contribution in [0, 0.1) is 24.1 Å². The number of carbonyl (C=O) groups excluding carboxylic acids is 1. The number of aliphatic hydroxyl groups is 1. The molecule has 1 unspecified atom stereocenters. The summed E-state index contributed by atoms with van der Waals surface area (Å²) in [7, 11) is 0. The van der Waals surface area contributed by atoms with Gasteiger partial charge in [0.15, 0.2) is 0 Å². The summed E-state index contributed by atoms with van der Waals surface area (Å²) < 4.78 is 14.3. The van der Waals surface area contributed by atoms with E-state index in [1.54, 1.807) is 19.2 Å². The SMILES string of the molecule is Cc1cc(CNC(=O)N(C2CC2)[C@@H]2CCCN(C3=CC=NC(O)N3)C2)c(F)cc1C#N. The Morgan fingerprint density at radius 1 is 1.42 bits per heavy atom. The summed E-state index contributed by atoms with van der Waals surface area (Å²) in [6.45, 7) is 3.33. The van der Waals surface area contributed by atoms with Crippen LogP contribution in [0.2, 0.25) is 0 Å². The van der Waals surface area contributed by atoms with E-state index in [4.69, 9.17) is 5.26 Å². The van der Waals surface area contributed by atoms with E-state index in [-0.39, 0.29) is 24.7 Å². The first-order valence-corrected chi connectivity index (χ1v) is 10.6. The third-order valence-corrected chi connectivity index (χ3v) is 5.99. The van der Waals surface area contributed by atoms with Crippen LogP contribution in [0.5, 0.6) is 0 Å². The van der Waals surface area contributed by atoms with E-state index in [1.165, 1.54) is 6.07 Å². The molecular formula is C22H27FN6O2. The van der Waals surface area contributed by atoms with Gasteiger partial charge in [-0.15, -0.1) is 0 Å². The minimum Gasteiger partial charge on any atom is -0.356 e. The molecule has 2 atom stereocenters. The molecule has 9 heteroatoms. The number of aliphatic hydroxyl groups excluding tert-OH is 1. The average Bonchev–Trinajstić information content (AvgIpc) is 3.59. The van der Waals surface area contributed by atoms with Gasteiger partial charge in [-0.1, -0.05) is 6.07 Å². The molecule has 2 fully saturated rings. The predicted octanol–water partition coefficient (Wildman–Crippen LogP) is 1.94. The molecule has 0 radical (unpaired) electrons. The molecule has 4 rings (SSSR count). The molecule has 1 aliphatic carbocycles. The van der Waals surface area contributed by atoms with Crippen molar-refractivity contribution in [1.82, 2.24) is 20.4 Å². The highest BCUT2D eigenvalue weighted by molar-refractivity contribution is 5.75. The van der Waals surface area contributed by atoms with Gasteiger partial charge in [0.05, 0.1) is 17.7 Å². The topological polar surface area (TPSA) is 104 Å². The Morgan fingerprint density at radius 2 is 2.23 bits per heavy atom. The Kier molecular flexibility index (Phi) is 6.09. The average molecular weight is 426 g/mol. The molecule has 164 valence electrons. The van der Waals surface area contributed by atoms with Gasteiger partial charge in [-0.3, -0.25) is 0 Å². The number of carbonyl (C=O) groups is 1. The van der Waals surface area contributed by atoms with E-state index >= 15 is 0 Å². The lowest BCUT2D eigenvalue weighted by atomic mass is 10.0. The number of hydrogen-bond donors (Lipinski definition) is 3. The zero-order valence-electron chi connectivity index (χ0n) is 17.5. The van der Waals surface area contributed by atoms with Gasteiger partial charge in [0.2, 0.25) is 6.35 Å². The zero-order valence-corrected chi connectivity index (χ0v) is 17.5. The molecule has 1 aromatic carbocycles. The van der Waals surface area contributed by atoms with E-state index in [0.717, 1.165) is 38.0 Å². The summed E-state index contributed by atoms with van der Waals surface area (Å²) in [6.07, 6.45) is 6.23. The van der Waals surface area contributed by atoms with E-state index in [9.17, 15) is 14.3 Å². The van der Waals surface area contributed by atoms with E-state index in [2.05, 4.69) is 20.5 Å². The number of amides is 2. The highest BCUT2D eigenvalue weighted by Gasteiger charge is 2.39. The fourth-order valence-corrected chi connectivity index (χ4v) is 4.25. The van der Waals surface area contributed by atoms with Crippen molar-refractivity contribution in [3.05, 3.63) is 46.5 Å². The molecule has 2 amide bonds. The van der Waals surface area contributed by atoms with E-state index in [1.807, 2.05) is 17.0 Å². The van der Waals surface area contributed by atoms with Crippen LogP contribution >= 0.6 is 0 Å². The van der Waals surface area contributed by atoms with Crippen molar-refractivity contribution in [1.29, 1.82) is 5.26 Å². The minimum atomic E-state index is -0.950. The molecular weight excluding hydrogens is 399 g/mol. The Morgan fingerprint density at radius 3 is 2.94 bits per heavy atom. The molecule has 2 aliphatic heterocycles. The van der Waals surface area contributed by atoms with Crippen LogP contribution < -0.4 is 10.6 Å². The maximum Gasteiger partial charge on any atom is 0.318 e. The number of allylic oxidation sites excluding steroid dienone is 1. The van der Waals surface area contributed by atoms with Crippen LogP contribution in [-0.4, -0.2) is 58.7 Å². The first-order chi connectivity index (χ1) is 15.0. The largest absolute Gasteiger partial charge is 0.356 e. The normalized spacial score (nSPS) is 22.9. The molecule has 0 aromatic heterocycles. The summed E-state index contributed by atoms with van der Waals surface area (Å²) in [5, 5.41) is 24.6. The smallest absolute Gasteiger partial charge is 0.318 e. The number of nitrogens with one attached hydrogen (secondary N) is 2. The van der Waals surface area contributed by atoms with Gasteiger partial charge in [-0.25, -0.2) is 14.2 Å². The fraction of sp³-hybridized carbons (Fsp3) is 0.500. The number of likely N-dealkylation sites (tertiary alicyclic amines) is 1. The number of aryl methyl sites for hydroxylation is 1. The molecule has 1 aromatic rings. The van der Waals surface area contributed by atoms with E-state index in [0.29, 0.717) is 23.2 Å². The summed E-state index contributed by atoms with van der Waals surface area (Å²) in [5.41, 5.74) is 1.36. The Labute approximate surface area is 181 Å². The standard InChI is InChI=1S/C22H27FN6O2/c1-14-9-16(19(23)10-15(14)11-24)12-26-22(31)29(17-4-5-17)18-3-2-8-28(13-18)20-6-7-25-21(30)27-20/h6-7,9-10,17-18,21,27,30H,2-5,8,12-13H2,1H3,(H,26,31)/t18-,21?/m1/s1. The van der Waals surface area contributed by atoms with Crippen molar-refractivity contribution in [2.45, 2.75) is 57.6 Å². The van der Waals surface area contributed by atoms with Crippen molar-refractivity contribution in [3.8, 4) is 6.07 Å². The van der Waals surface area contributed by atoms with Crippen LogP contribution in [-0.2, 0) is 6.54 Å². The molecule has 0 bridgehead atoms. The molecule has 3 aliphatic rings. The number of nitrogens with zero attached hydrogens (tertiary/aromatic N) is 4. The van der Waals surface area contributed by atoms with Gasteiger partial charge in [0, 0.05) is 37.5 Å². The molecule has 2 heterocycles. The molecule has 3 N–H and O–H groups in total. The molecule has 31 heavy (non-hydrogen) atoms. The molecule has 8 nitrogen and oxygen atoms in total. The second kappa shape index (κ2) is 8.94. The second-order valence-corrected chi connectivity index (χ2v) is 8.28. The van der Waals surface area contributed by atoms with E-state index < -0.39 is 12.2 Å². The number of nitriles is 1. The van der Waals surface area contributed by atoms with Gasteiger partial charge < -0.3 is 25.5 Å². The number of rotatable bonds is 5. The van der Waals surface area contributed by atoms with Crippen LogP contribution in [0.3, 0.4) is 0 Å². The number of halogens is 1. The van der Waals surface area contributed by atoms with Crippen LogP contribution in [0.1, 0.15) is 42.4 Å². The summed E-state index contributed by atoms with van der Waals surface area (Å²) in [6, 6.07) is 4.86. The Balaban J connectivity index is 1.42.